The molecule has 4 rings (SSSR count). The lowest BCUT2D eigenvalue weighted by atomic mass is 9.83. The maximum Gasteiger partial charge on any atom is 0.224 e. The van der Waals surface area contributed by atoms with Gasteiger partial charge in [0.1, 0.15) is 5.75 Å². The van der Waals surface area contributed by atoms with Gasteiger partial charge in [0.25, 0.3) is 0 Å². The highest BCUT2D eigenvalue weighted by Gasteiger charge is 2.60. The minimum absolute atomic E-state index is 0.118. The third-order valence-corrected chi connectivity index (χ3v) is 6.27. The highest BCUT2D eigenvalue weighted by molar-refractivity contribution is 5.83. The molecule has 1 aromatic rings. The van der Waals surface area contributed by atoms with E-state index in [1.807, 2.05) is 18.2 Å². The first-order chi connectivity index (χ1) is 12.7. The largest absolute Gasteiger partial charge is 0.493 e. The first-order valence-electron chi connectivity index (χ1n) is 10.1. The van der Waals surface area contributed by atoms with Crippen LogP contribution < -0.4 is 10.1 Å². The molecule has 1 aromatic carbocycles. The number of hydrogen-bond donors (Lipinski definition) is 1. The van der Waals surface area contributed by atoms with Crippen LogP contribution in [0, 0.1) is 17.8 Å². The molecule has 27 heavy (non-hydrogen) atoms. The number of amides is 1. The Morgan fingerprint density at radius 1 is 1.19 bits per heavy atom. The molecule has 2 fully saturated rings. The summed E-state index contributed by atoms with van der Waals surface area (Å²) in [5.41, 5.74) is 0.757. The van der Waals surface area contributed by atoms with Gasteiger partial charge in [-0.1, -0.05) is 18.2 Å². The molecular formula is C22H32N2O3. The highest BCUT2D eigenvalue weighted by Crippen LogP contribution is 2.52. The lowest BCUT2D eigenvalue weighted by molar-refractivity contribution is -0.125. The van der Waals surface area contributed by atoms with Crippen LogP contribution in [0.5, 0.6) is 5.75 Å². The van der Waals surface area contributed by atoms with Crippen LogP contribution in [0.1, 0.15) is 46.1 Å². The van der Waals surface area contributed by atoms with E-state index in [0.29, 0.717) is 25.2 Å². The Balaban J connectivity index is 1.31. The van der Waals surface area contributed by atoms with Crippen LogP contribution in [-0.4, -0.2) is 48.4 Å². The number of fused-ring (bicyclic) bond motifs is 2. The number of rotatable bonds is 5. The van der Waals surface area contributed by atoms with E-state index in [1.54, 1.807) is 0 Å². The standard InChI is InChI=1S/C22H32N2O3/c1-21(2,3)27-13-24-10-15-16(11-24)19(15)20(25)23-22(4,5)17-12-26-18-9-7-6-8-14(17)18/h6-9,15-17,19H,10-13H2,1-5H3,(H,23,25)/t15-,16+,17?,19+. The van der Waals surface area contributed by atoms with E-state index in [-0.39, 0.29) is 28.9 Å². The zero-order chi connectivity index (χ0) is 19.4. The first-order valence-corrected chi connectivity index (χ1v) is 10.1. The molecule has 5 nitrogen and oxygen atoms in total. The summed E-state index contributed by atoms with van der Waals surface area (Å²) >= 11 is 0. The highest BCUT2D eigenvalue weighted by atomic mass is 16.5. The smallest absolute Gasteiger partial charge is 0.224 e. The van der Waals surface area contributed by atoms with Gasteiger partial charge in [0.15, 0.2) is 0 Å². The van der Waals surface area contributed by atoms with Gasteiger partial charge in [-0.05, 0) is 52.5 Å². The fraction of sp³-hybridized carbons (Fsp3) is 0.682. The van der Waals surface area contributed by atoms with E-state index in [0.717, 1.165) is 18.8 Å². The molecule has 148 valence electrons. The third-order valence-electron chi connectivity index (χ3n) is 6.27. The van der Waals surface area contributed by atoms with Crippen molar-refractivity contribution >= 4 is 5.91 Å². The van der Waals surface area contributed by atoms with Crippen molar-refractivity contribution in [2.24, 2.45) is 17.8 Å². The Hall–Kier alpha value is -1.59. The molecular weight excluding hydrogens is 340 g/mol. The minimum Gasteiger partial charge on any atom is -0.493 e. The number of carbonyl (C=O) groups is 1. The Morgan fingerprint density at radius 2 is 1.85 bits per heavy atom. The summed E-state index contributed by atoms with van der Waals surface area (Å²) in [7, 11) is 0. The van der Waals surface area contributed by atoms with E-state index in [2.05, 4.69) is 50.9 Å². The molecule has 1 N–H and O–H groups in total. The molecule has 0 aromatic heterocycles. The van der Waals surface area contributed by atoms with Crippen molar-refractivity contribution in [1.29, 1.82) is 0 Å². The second-order valence-electron chi connectivity index (χ2n) is 9.89. The molecule has 3 aliphatic rings. The molecule has 2 heterocycles. The van der Waals surface area contributed by atoms with E-state index in [4.69, 9.17) is 9.47 Å². The Kier molecular flexibility index (Phi) is 4.51. The van der Waals surface area contributed by atoms with Crippen LogP contribution in [0.2, 0.25) is 0 Å². The summed E-state index contributed by atoms with van der Waals surface area (Å²) in [6.45, 7) is 13.7. The Labute approximate surface area is 162 Å². The van der Waals surface area contributed by atoms with Crippen LogP contribution in [0.4, 0.5) is 0 Å². The van der Waals surface area contributed by atoms with Gasteiger partial charge in [-0.25, -0.2) is 0 Å². The summed E-state index contributed by atoms with van der Waals surface area (Å²) in [6.07, 6.45) is 0. The van der Waals surface area contributed by atoms with Crippen molar-refractivity contribution < 1.29 is 14.3 Å². The van der Waals surface area contributed by atoms with Crippen molar-refractivity contribution in [2.75, 3.05) is 26.4 Å². The number of nitrogens with zero attached hydrogens (tertiary/aromatic N) is 1. The second-order valence-corrected chi connectivity index (χ2v) is 9.89. The predicted molar refractivity (Wildman–Crippen MR) is 105 cm³/mol. The zero-order valence-electron chi connectivity index (χ0n) is 17.1. The van der Waals surface area contributed by atoms with Gasteiger partial charge >= 0.3 is 0 Å². The van der Waals surface area contributed by atoms with E-state index >= 15 is 0 Å². The quantitative estimate of drug-likeness (QED) is 0.863. The van der Waals surface area contributed by atoms with Gasteiger partial charge < -0.3 is 14.8 Å². The number of carbonyl (C=O) groups excluding carboxylic acids is 1. The third kappa shape index (κ3) is 3.72. The average Bonchev–Trinajstić information content (AvgIpc) is 2.95. The van der Waals surface area contributed by atoms with Crippen LogP contribution in [0.3, 0.4) is 0 Å². The minimum atomic E-state index is -0.324. The molecule has 5 heteroatoms. The van der Waals surface area contributed by atoms with Gasteiger partial charge in [0.05, 0.1) is 18.9 Å². The topological polar surface area (TPSA) is 50.8 Å². The molecule has 1 saturated heterocycles. The van der Waals surface area contributed by atoms with E-state index in [1.165, 1.54) is 5.56 Å². The van der Waals surface area contributed by atoms with Gasteiger partial charge in [-0.15, -0.1) is 0 Å². The molecule has 0 spiro atoms. The fourth-order valence-electron chi connectivity index (χ4n) is 4.64. The number of benzene rings is 1. The SMILES string of the molecule is CC(C)(C)OCN1C[C@@H]2[C@H](C1)[C@H]2C(=O)NC(C)(C)C1COc2ccccc21. The molecule has 0 radical (unpaired) electrons. The monoisotopic (exact) mass is 372 g/mol. The lowest BCUT2D eigenvalue weighted by Gasteiger charge is -2.33. The molecule has 2 aliphatic heterocycles. The molecule has 1 aliphatic carbocycles. The summed E-state index contributed by atoms with van der Waals surface area (Å²) in [5, 5.41) is 3.33. The van der Waals surface area contributed by atoms with E-state index in [9.17, 15) is 4.79 Å². The normalized spacial score (nSPS) is 29.8. The summed E-state index contributed by atoms with van der Waals surface area (Å²) in [5.74, 6) is 2.46. The van der Waals surface area contributed by atoms with Crippen molar-refractivity contribution in [3.63, 3.8) is 0 Å². The number of piperidine rings is 1. The van der Waals surface area contributed by atoms with Crippen molar-refractivity contribution in [3.05, 3.63) is 29.8 Å². The Morgan fingerprint density at radius 3 is 2.52 bits per heavy atom. The number of likely N-dealkylation sites (tertiary alicyclic amines) is 1. The maximum atomic E-state index is 12.9. The van der Waals surface area contributed by atoms with Crippen molar-refractivity contribution in [2.45, 2.75) is 51.7 Å². The molecule has 0 bridgehead atoms. The Bertz CT molecular complexity index is 713. The molecule has 1 saturated carbocycles. The van der Waals surface area contributed by atoms with Crippen LogP contribution in [-0.2, 0) is 9.53 Å². The van der Waals surface area contributed by atoms with Crippen molar-refractivity contribution in [3.8, 4) is 5.75 Å². The predicted octanol–water partition coefficient (Wildman–Crippen LogP) is 3.01. The average molecular weight is 373 g/mol. The van der Waals surface area contributed by atoms with E-state index < -0.39 is 0 Å². The summed E-state index contributed by atoms with van der Waals surface area (Å²) in [4.78, 5) is 15.3. The number of hydrogen-bond acceptors (Lipinski definition) is 4. The van der Waals surface area contributed by atoms with Gasteiger partial charge in [-0.3, -0.25) is 9.69 Å². The van der Waals surface area contributed by atoms with Crippen LogP contribution in [0.25, 0.3) is 0 Å². The van der Waals surface area contributed by atoms with Gasteiger partial charge in [-0.2, -0.15) is 0 Å². The fourth-order valence-corrected chi connectivity index (χ4v) is 4.64. The summed E-state index contributed by atoms with van der Waals surface area (Å²) < 4.78 is 11.7. The molecule has 1 amide bonds. The lowest BCUT2D eigenvalue weighted by Crippen LogP contribution is -2.50. The number of nitrogens with one attached hydrogen (secondary N) is 1. The van der Waals surface area contributed by atoms with Gasteiger partial charge in [0.2, 0.25) is 5.91 Å². The molecule has 4 atom stereocenters. The first kappa shape index (κ1) is 18.8. The maximum absolute atomic E-state index is 12.9. The summed E-state index contributed by atoms with van der Waals surface area (Å²) in [6, 6.07) is 8.15. The number of para-hydroxylation sites is 1. The number of ether oxygens (including phenoxy) is 2. The van der Waals surface area contributed by atoms with Gasteiger partial charge in [0, 0.05) is 36.0 Å². The van der Waals surface area contributed by atoms with Crippen LogP contribution >= 0.6 is 0 Å². The zero-order valence-corrected chi connectivity index (χ0v) is 17.1. The van der Waals surface area contributed by atoms with Crippen molar-refractivity contribution in [1.82, 2.24) is 10.2 Å². The van der Waals surface area contributed by atoms with Crippen LogP contribution in [0.15, 0.2) is 24.3 Å². The molecule has 1 unspecified atom stereocenters. The second kappa shape index (κ2) is 6.49.